The van der Waals surface area contributed by atoms with Crippen molar-refractivity contribution >= 4 is 6.09 Å². The third kappa shape index (κ3) is 3.37. The summed E-state index contributed by atoms with van der Waals surface area (Å²) < 4.78 is 5.46. The summed E-state index contributed by atoms with van der Waals surface area (Å²) in [6, 6.07) is 0. The van der Waals surface area contributed by atoms with Gasteiger partial charge in [0.15, 0.2) is 0 Å². The van der Waals surface area contributed by atoms with Crippen LogP contribution in [-0.2, 0) is 4.74 Å². The maximum Gasteiger partial charge on any atom is 0.410 e. The van der Waals surface area contributed by atoms with Gasteiger partial charge in [-0.15, -0.1) is 0 Å². The molecule has 0 aromatic carbocycles. The van der Waals surface area contributed by atoms with Crippen LogP contribution in [0, 0.1) is 5.92 Å². The second kappa shape index (κ2) is 4.72. The number of ether oxygens (including phenoxy) is 1. The molecule has 1 heterocycles. The van der Waals surface area contributed by atoms with E-state index in [1.54, 1.807) is 0 Å². The van der Waals surface area contributed by atoms with Crippen LogP contribution in [0.4, 0.5) is 4.79 Å². The first kappa shape index (κ1) is 13.7. The quantitative estimate of drug-likeness (QED) is 0.782. The smallest absolute Gasteiger partial charge is 0.410 e. The lowest BCUT2D eigenvalue weighted by Crippen LogP contribution is -2.44. The molecule has 1 unspecified atom stereocenters. The first-order valence-electron chi connectivity index (χ1n) is 7.07. The summed E-state index contributed by atoms with van der Waals surface area (Å²) in [7, 11) is 0. The van der Waals surface area contributed by atoms with Crippen LogP contribution in [-0.4, -0.2) is 35.2 Å². The van der Waals surface area contributed by atoms with Crippen molar-refractivity contribution in [2.24, 2.45) is 11.7 Å². The molecule has 0 bridgehead atoms. The van der Waals surface area contributed by atoms with E-state index < -0.39 is 5.60 Å². The number of hydrogen-bond acceptors (Lipinski definition) is 3. The highest BCUT2D eigenvalue weighted by Crippen LogP contribution is 2.43. The van der Waals surface area contributed by atoms with Crippen LogP contribution < -0.4 is 5.73 Å². The predicted octanol–water partition coefficient (Wildman–Crippen LogP) is 2.51. The number of carbonyl (C=O) groups is 1. The van der Waals surface area contributed by atoms with Crippen LogP contribution >= 0.6 is 0 Å². The Bertz CT molecular complexity index is 318. The minimum Gasteiger partial charge on any atom is -0.444 e. The van der Waals surface area contributed by atoms with Crippen molar-refractivity contribution in [1.29, 1.82) is 0 Å². The summed E-state index contributed by atoms with van der Waals surface area (Å²) in [6.45, 7) is 7.30. The fraction of sp³-hybridized carbons (Fsp3) is 0.929. The third-order valence-corrected chi connectivity index (χ3v) is 3.96. The molecule has 4 nitrogen and oxygen atoms in total. The number of nitrogens with two attached hydrogens (primary N) is 1. The van der Waals surface area contributed by atoms with E-state index in [1.807, 2.05) is 25.7 Å². The Labute approximate surface area is 110 Å². The van der Waals surface area contributed by atoms with Crippen molar-refractivity contribution in [3.05, 3.63) is 0 Å². The van der Waals surface area contributed by atoms with Gasteiger partial charge in [0.05, 0.1) is 0 Å². The number of carbonyl (C=O) groups excluding carboxylic acids is 1. The van der Waals surface area contributed by atoms with Gasteiger partial charge >= 0.3 is 6.09 Å². The SMILES string of the molecule is CC(C)(C)OC(=O)N1CCCCC(C2(N)CC2)C1. The summed E-state index contributed by atoms with van der Waals surface area (Å²) in [4.78, 5) is 14.0. The van der Waals surface area contributed by atoms with Gasteiger partial charge < -0.3 is 15.4 Å². The van der Waals surface area contributed by atoms with Crippen LogP contribution in [0.15, 0.2) is 0 Å². The van der Waals surface area contributed by atoms with Gasteiger partial charge in [0.25, 0.3) is 0 Å². The van der Waals surface area contributed by atoms with Gasteiger partial charge in [-0.05, 0) is 52.4 Å². The van der Waals surface area contributed by atoms with Crippen LogP contribution in [0.2, 0.25) is 0 Å². The molecule has 1 saturated heterocycles. The maximum absolute atomic E-state index is 12.1. The molecular weight excluding hydrogens is 228 g/mol. The van der Waals surface area contributed by atoms with Crippen LogP contribution in [0.1, 0.15) is 52.9 Å². The van der Waals surface area contributed by atoms with Gasteiger partial charge in [-0.3, -0.25) is 0 Å². The molecule has 1 aliphatic heterocycles. The standard InChI is InChI=1S/C14H26N2O2/c1-13(2,3)18-12(17)16-9-5-4-6-11(10-16)14(15)7-8-14/h11H,4-10,15H2,1-3H3. The minimum absolute atomic E-state index is 0.00457. The monoisotopic (exact) mass is 254 g/mol. The van der Waals surface area contributed by atoms with Crippen molar-refractivity contribution in [3.8, 4) is 0 Å². The van der Waals surface area contributed by atoms with E-state index >= 15 is 0 Å². The van der Waals surface area contributed by atoms with E-state index in [2.05, 4.69) is 0 Å². The van der Waals surface area contributed by atoms with Crippen LogP contribution in [0.5, 0.6) is 0 Å². The molecule has 4 heteroatoms. The Morgan fingerprint density at radius 3 is 2.56 bits per heavy atom. The molecule has 104 valence electrons. The molecule has 0 spiro atoms. The number of nitrogens with zero attached hydrogens (tertiary/aromatic N) is 1. The van der Waals surface area contributed by atoms with E-state index in [-0.39, 0.29) is 11.6 Å². The molecule has 18 heavy (non-hydrogen) atoms. The lowest BCUT2D eigenvalue weighted by Gasteiger charge is -2.30. The highest BCUT2D eigenvalue weighted by molar-refractivity contribution is 5.68. The molecule has 1 aliphatic carbocycles. The summed E-state index contributed by atoms with van der Waals surface area (Å²) in [5.41, 5.74) is 5.89. The molecule has 0 aromatic heterocycles. The fourth-order valence-electron chi connectivity index (χ4n) is 2.66. The molecule has 2 fully saturated rings. The van der Waals surface area contributed by atoms with E-state index in [9.17, 15) is 4.79 Å². The molecule has 0 radical (unpaired) electrons. The first-order valence-corrected chi connectivity index (χ1v) is 7.07. The number of amides is 1. The van der Waals surface area contributed by atoms with Gasteiger partial charge in [0, 0.05) is 18.6 Å². The minimum atomic E-state index is -0.418. The number of likely N-dealkylation sites (tertiary alicyclic amines) is 1. The predicted molar refractivity (Wildman–Crippen MR) is 71.3 cm³/mol. The second-order valence-electron chi connectivity index (χ2n) is 6.85. The highest BCUT2D eigenvalue weighted by Gasteiger charge is 2.46. The van der Waals surface area contributed by atoms with Crippen molar-refractivity contribution in [2.45, 2.75) is 64.0 Å². The Hall–Kier alpha value is -0.770. The average Bonchev–Trinajstić information content (AvgIpc) is 2.98. The summed E-state index contributed by atoms with van der Waals surface area (Å²) in [6.07, 6.45) is 5.42. The largest absolute Gasteiger partial charge is 0.444 e. The molecule has 1 atom stereocenters. The number of hydrogen-bond donors (Lipinski definition) is 1. The van der Waals surface area contributed by atoms with Gasteiger partial charge in [-0.2, -0.15) is 0 Å². The molecule has 1 amide bonds. The van der Waals surface area contributed by atoms with E-state index in [0.717, 1.165) is 38.8 Å². The molecule has 2 aliphatic rings. The lowest BCUT2D eigenvalue weighted by molar-refractivity contribution is 0.0226. The highest BCUT2D eigenvalue weighted by atomic mass is 16.6. The Kier molecular flexibility index (Phi) is 3.58. The van der Waals surface area contributed by atoms with Crippen molar-refractivity contribution < 1.29 is 9.53 Å². The third-order valence-electron chi connectivity index (χ3n) is 3.96. The molecule has 1 saturated carbocycles. The van der Waals surface area contributed by atoms with Crippen molar-refractivity contribution in [1.82, 2.24) is 4.90 Å². The van der Waals surface area contributed by atoms with Crippen LogP contribution in [0.3, 0.4) is 0 Å². The summed E-state index contributed by atoms with van der Waals surface area (Å²) >= 11 is 0. The lowest BCUT2D eigenvalue weighted by atomic mass is 9.93. The zero-order valence-electron chi connectivity index (χ0n) is 11.9. The Morgan fingerprint density at radius 1 is 1.33 bits per heavy atom. The van der Waals surface area contributed by atoms with E-state index in [0.29, 0.717) is 5.92 Å². The van der Waals surface area contributed by atoms with Gasteiger partial charge in [0.2, 0.25) is 0 Å². The Morgan fingerprint density at radius 2 is 2.00 bits per heavy atom. The average molecular weight is 254 g/mol. The molecule has 2 rings (SSSR count). The number of rotatable bonds is 1. The van der Waals surface area contributed by atoms with Gasteiger partial charge in [0.1, 0.15) is 5.60 Å². The topological polar surface area (TPSA) is 55.6 Å². The fourth-order valence-corrected chi connectivity index (χ4v) is 2.66. The maximum atomic E-state index is 12.1. The van der Waals surface area contributed by atoms with Crippen LogP contribution in [0.25, 0.3) is 0 Å². The normalized spacial score (nSPS) is 27.6. The summed E-state index contributed by atoms with van der Waals surface area (Å²) in [5.74, 6) is 0.451. The first-order chi connectivity index (χ1) is 8.30. The second-order valence-corrected chi connectivity index (χ2v) is 6.85. The van der Waals surface area contributed by atoms with Crippen molar-refractivity contribution in [3.63, 3.8) is 0 Å². The van der Waals surface area contributed by atoms with Crippen molar-refractivity contribution in [2.75, 3.05) is 13.1 Å². The van der Waals surface area contributed by atoms with Gasteiger partial charge in [-0.1, -0.05) is 6.42 Å². The van der Waals surface area contributed by atoms with E-state index in [4.69, 9.17) is 10.5 Å². The molecule has 2 N–H and O–H groups in total. The molecular formula is C14H26N2O2. The van der Waals surface area contributed by atoms with Gasteiger partial charge in [-0.25, -0.2) is 4.79 Å². The zero-order valence-corrected chi connectivity index (χ0v) is 11.9. The van der Waals surface area contributed by atoms with E-state index in [1.165, 1.54) is 6.42 Å². The Balaban J connectivity index is 1.96. The summed E-state index contributed by atoms with van der Waals surface area (Å²) in [5, 5.41) is 0. The zero-order chi connectivity index (χ0) is 13.4. The molecule has 0 aromatic rings.